The Morgan fingerprint density at radius 2 is 2.20 bits per heavy atom. The van der Waals surface area contributed by atoms with Gasteiger partial charge in [0.15, 0.2) is 0 Å². The highest BCUT2D eigenvalue weighted by atomic mass is 32.1. The molecule has 1 aliphatic carbocycles. The number of rotatable bonds is 3. The van der Waals surface area contributed by atoms with E-state index in [4.69, 9.17) is 0 Å². The van der Waals surface area contributed by atoms with Crippen LogP contribution in [0.1, 0.15) is 43.4 Å². The molecule has 0 N–H and O–H groups in total. The molecule has 108 valence electrons. The van der Waals surface area contributed by atoms with Crippen molar-refractivity contribution in [3.05, 3.63) is 22.4 Å². The van der Waals surface area contributed by atoms with Crippen LogP contribution in [-0.4, -0.2) is 29.2 Å². The molecule has 0 spiro atoms. The van der Waals surface area contributed by atoms with Crippen LogP contribution in [0.15, 0.2) is 17.5 Å². The molecule has 3 nitrogen and oxygen atoms in total. The molecular formula is C16H21NO2S. The molecule has 0 radical (unpaired) electrons. The lowest BCUT2D eigenvalue weighted by atomic mass is 9.88. The molecule has 2 fully saturated rings. The summed E-state index contributed by atoms with van der Waals surface area (Å²) >= 11 is 1.63. The van der Waals surface area contributed by atoms with Gasteiger partial charge in [0.2, 0.25) is 5.91 Å². The first-order valence-electron chi connectivity index (χ1n) is 7.60. The van der Waals surface area contributed by atoms with E-state index in [-0.39, 0.29) is 17.9 Å². The van der Waals surface area contributed by atoms with Gasteiger partial charge < -0.3 is 4.90 Å². The summed E-state index contributed by atoms with van der Waals surface area (Å²) in [4.78, 5) is 27.7. The van der Waals surface area contributed by atoms with Crippen molar-refractivity contribution in [2.45, 2.75) is 51.0 Å². The van der Waals surface area contributed by atoms with Gasteiger partial charge in [-0.15, -0.1) is 11.3 Å². The molecule has 1 aromatic rings. The molecule has 1 aliphatic heterocycles. The van der Waals surface area contributed by atoms with E-state index in [9.17, 15) is 9.59 Å². The van der Waals surface area contributed by atoms with E-state index in [2.05, 4.69) is 0 Å². The quantitative estimate of drug-likeness (QED) is 0.858. The normalized spacial score (nSPS) is 27.0. The van der Waals surface area contributed by atoms with Gasteiger partial charge in [-0.3, -0.25) is 9.59 Å². The molecule has 2 aliphatic rings. The fourth-order valence-electron chi connectivity index (χ4n) is 3.60. The van der Waals surface area contributed by atoms with E-state index in [1.165, 1.54) is 0 Å². The molecule has 3 rings (SSSR count). The molecule has 2 unspecified atom stereocenters. The van der Waals surface area contributed by atoms with E-state index >= 15 is 0 Å². The summed E-state index contributed by atoms with van der Waals surface area (Å²) in [5.74, 6) is 0.699. The largest absolute Gasteiger partial charge is 0.339 e. The molecular weight excluding hydrogens is 270 g/mol. The Labute approximate surface area is 124 Å². The van der Waals surface area contributed by atoms with Gasteiger partial charge in [0, 0.05) is 29.8 Å². The molecule has 4 heteroatoms. The Kier molecular flexibility index (Phi) is 4.20. The molecule has 20 heavy (non-hydrogen) atoms. The number of carbonyl (C=O) groups is 2. The molecule has 0 bridgehead atoms. The SMILES string of the molecule is O=C1CCCC1C1CCCCN1C(=O)Cc1cccs1. The van der Waals surface area contributed by atoms with Crippen LogP contribution in [0.4, 0.5) is 0 Å². The van der Waals surface area contributed by atoms with Gasteiger partial charge in [-0.2, -0.15) is 0 Å². The molecule has 1 amide bonds. The third-order valence-electron chi connectivity index (χ3n) is 4.59. The average molecular weight is 291 g/mol. The highest BCUT2D eigenvalue weighted by Gasteiger charge is 2.38. The summed E-state index contributed by atoms with van der Waals surface area (Å²) in [5.41, 5.74) is 0. The van der Waals surface area contributed by atoms with Crippen molar-refractivity contribution in [2.75, 3.05) is 6.54 Å². The Hall–Kier alpha value is -1.16. The maximum Gasteiger partial charge on any atom is 0.228 e. The lowest BCUT2D eigenvalue weighted by Crippen LogP contribution is -2.49. The van der Waals surface area contributed by atoms with Crippen LogP contribution in [0.25, 0.3) is 0 Å². The summed E-state index contributed by atoms with van der Waals surface area (Å²) in [6.45, 7) is 0.832. The van der Waals surface area contributed by atoms with Crippen LogP contribution in [0.2, 0.25) is 0 Å². The lowest BCUT2D eigenvalue weighted by molar-refractivity contribution is -0.137. The number of thiophene rings is 1. The zero-order chi connectivity index (χ0) is 13.9. The highest BCUT2D eigenvalue weighted by Crippen LogP contribution is 2.33. The number of hydrogen-bond acceptors (Lipinski definition) is 3. The first-order chi connectivity index (χ1) is 9.75. The van der Waals surface area contributed by atoms with Crippen LogP contribution < -0.4 is 0 Å². The van der Waals surface area contributed by atoms with Crippen molar-refractivity contribution in [2.24, 2.45) is 5.92 Å². The maximum absolute atomic E-state index is 12.6. The van der Waals surface area contributed by atoms with Crippen molar-refractivity contribution in [3.8, 4) is 0 Å². The van der Waals surface area contributed by atoms with Crippen molar-refractivity contribution < 1.29 is 9.59 Å². The second-order valence-corrected chi connectivity index (χ2v) is 6.90. The minimum atomic E-state index is 0.114. The zero-order valence-corrected chi connectivity index (χ0v) is 12.5. The Bertz CT molecular complexity index is 483. The highest BCUT2D eigenvalue weighted by molar-refractivity contribution is 7.10. The van der Waals surface area contributed by atoms with Crippen LogP contribution in [0, 0.1) is 5.92 Å². The van der Waals surface area contributed by atoms with Crippen LogP contribution in [0.3, 0.4) is 0 Å². The van der Waals surface area contributed by atoms with Gasteiger partial charge in [-0.1, -0.05) is 6.07 Å². The van der Waals surface area contributed by atoms with Crippen LogP contribution in [-0.2, 0) is 16.0 Å². The van der Waals surface area contributed by atoms with E-state index < -0.39 is 0 Å². The van der Waals surface area contributed by atoms with Crippen molar-refractivity contribution >= 4 is 23.0 Å². The summed E-state index contributed by atoms with van der Waals surface area (Å²) < 4.78 is 0. The summed E-state index contributed by atoms with van der Waals surface area (Å²) in [7, 11) is 0. The van der Waals surface area contributed by atoms with E-state index in [1.54, 1.807) is 11.3 Å². The second-order valence-electron chi connectivity index (χ2n) is 5.87. The fraction of sp³-hybridized carbons (Fsp3) is 0.625. The third-order valence-corrected chi connectivity index (χ3v) is 5.47. The number of ketones is 1. The second kappa shape index (κ2) is 6.08. The predicted octanol–water partition coefficient (Wildman–Crippen LogP) is 3.04. The molecule has 2 atom stereocenters. The number of hydrogen-bond donors (Lipinski definition) is 0. The number of likely N-dealkylation sites (tertiary alicyclic amines) is 1. The molecule has 1 aromatic heterocycles. The van der Waals surface area contributed by atoms with Gasteiger partial charge in [-0.25, -0.2) is 0 Å². The monoisotopic (exact) mass is 291 g/mol. The molecule has 0 aromatic carbocycles. The minimum absolute atomic E-state index is 0.114. The smallest absolute Gasteiger partial charge is 0.228 e. The van der Waals surface area contributed by atoms with Gasteiger partial charge in [-0.05, 0) is 43.6 Å². The fourth-order valence-corrected chi connectivity index (χ4v) is 4.29. The first kappa shape index (κ1) is 13.8. The zero-order valence-electron chi connectivity index (χ0n) is 11.7. The van der Waals surface area contributed by atoms with Gasteiger partial charge in [0.1, 0.15) is 5.78 Å². The number of nitrogens with zero attached hydrogens (tertiary/aromatic N) is 1. The van der Waals surface area contributed by atoms with Crippen LogP contribution in [0.5, 0.6) is 0 Å². The Balaban J connectivity index is 1.71. The molecule has 1 saturated heterocycles. The Morgan fingerprint density at radius 1 is 1.30 bits per heavy atom. The summed E-state index contributed by atoms with van der Waals surface area (Å²) in [5, 5.41) is 2.01. The van der Waals surface area contributed by atoms with E-state index in [0.717, 1.165) is 43.5 Å². The van der Waals surface area contributed by atoms with Crippen molar-refractivity contribution in [3.63, 3.8) is 0 Å². The summed E-state index contributed by atoms with van der Waals surface area (Å²) in [6.07, 6.45) is 6.43. The van der Waals surface area contributed by atoms with Gasteiger partial charge in [0.05, 0.1) is 6.42 Å². The predicted molar refractivity (Wildman–Crippen MR) is 79.7 cm³/mol. The standard InChI is InChI=1S/C16H21NO2S/c18-15-8-3-6-13(15)14-7-1-2-9-17(14)16(19)11-12-5-4-10-20-12/h4-5,10,13-14H,1-3,6-9,11H2. The average Bonchev–Trinajstić information content (AvgIpc) is 3.10. The number of Topliss-reactive ketones (excluding diaryl/α,β-unsaturated/α-hetero) is 1. The van der Waals surface area contributed by atoms with Crippen LogP contribution >= 0.6 is 11.3 Å². The topological polar surface area (TPSA) is 37.4 Å². The van der Waals surface area contributed by atoms with Crippen molar-refractivity contribution in [1.29, 1.82) is 0 Å². The number of piperidine rings is 1. The third kappa shape index (κ3) is 2.80. The molecule has 1 saturated carbocycles. The minimum Gasteiger partial charge on any atom is -0.339 e. The Morgan fingerprint density at radius 3 is 2.90 bits per heavy atom. The lowest BCUT2D eigenvalue weighted by Gasteiger charge is -2.38. The number of amides is 1. The first-order valence-corrected chi connectivity index (χ1v) is 8.48. The van der Waals surface area contributed by atoms with E-state index in [1.807, 2.05) is 22.4 Å². The van der Waals surface area contributed by atoms with Crippen molar-refractivity contribution in [1.82, 2.24) is 4.90 Å². The summed E-state index contributed by atoms with van der Waals surface area (Å²) in [6, 6.07) is 4.18. The van der Waals surface area contributed by atoms with Gasteiger partial charge in [0.25, 0.3) is 0 Å². The van der Waals surface area contributed by atoms with Gasteiger partial charge >= 0.3 is 0 Å². The maximum atomic E-state index is 12.6. The van der Waals surface area contributed by atoms with E-state index in [0.29, 0.717) is 18.6 Å². The molecule has 2 heterocycles. The number of carbonyl (C=O) groups excluding carboxylic acids is 2.